The topological polar surface area (TPSA) is 60.5 Å². The Hall–Kier alpha value is -1.73. The number of nitrogens with one attached hydrogen (secondary N) is 1. The zero-order valence-electron chi connectivity index (χ0n) is 14.4. The van der Waals surface area contributed by atoms with E-state index in [0.717, 1.165) is 39.3 Å². The molecule has 3 rings (SSSR count). The highest BCUT2D eigenvalue weighted by Gasteiger charge is 2.21. The monoisotopic (exact) mass is 378 g/mol. The van der Waals surface area contributed by atoms with Gasteiger partial charge in [0.1, 0.15) is 15.8 Å². The largest absolute Gasteiger partial charge is 0.497 e. The van der Waals surface area contributed by atoms with E-state index < -0.39 is 0 Å². The van der Waals surface area contributed by atoms with Gasteiger partial charge in [0, 0.05) is 23.9 Å². The number of aromatic nitrogens is 1. The van der Waals surface area contributed by atoms with Crippen molar-refractivity contribution in [1.29, 1.82) is 0 Å². The lowest BCUT2D eigenvalue weighted by Gasteiger charge is -2.25. The standard InChI is InChI=1S/C18H22N2O3S2/c1-3-24-18-20-14(11-25-18)7-17(21)19-9-12-6-13-4-5-15(22-2)8-16(13)23-10-12/h4-5,8,11-12H,3,6-7,9-10H2,1-2H3,(H,19,21)/t12-/m0/s1. The molecule has 1 aromatic heterocycles. The third kappa shape index (κ3) is 4.89. The molecule has 1 N–H and O–H groups in total. The van der Waals surface area contributed by atoms with Crippen LogP contribution in [-0.4, -0.2) is 36.9 Å². The Morgan fingerprint density at radius 1 is 1.52 bits per heavy atom. The van der Waals surface area contributed by atoms with Crippen molar-refractivity contribution in [3.8, 4) is 11.5 Å². The molecule has 1 amide bonds. The van der Waals surface area contributed by atoms with Gasteiger partial charge in [-0.25, -0.2) is 4.98 Å². The van der Waals surface area contributed by atoms with Gasteiger partial charge in [-0.2, -0.15) is 0 Å². The fourth-order valence-electron chi connectivity index (χ4n) is 2.72. The van der Waals surface area contributed by atoms with Gasteiger partial charge in [-0.05, 0) is 23.8 Å². The first-order valence-electron chi connectivity index (χ1n) is 8.31. The van der Waals surface area contributed by atoms with E-state index in [1.807, 2.05) is 23.6 Å². The number of benzene rings is 1. The molecule has 0 bridgehead atoms. The zero-order chi connectivity index (χ0) is 17.6. The number of methoxy groups -OCH3 is 1. The number of hydrogen-bond donors (Lipinski definition) is 1. The lowest BCUT2D eigenvalue weighted by atomic mass is 9.96. The molecule has 0 aliphatic carbocycles. The summed E-state index contributed by atoms with van der Waals surface area (Å²) in [5.74, 6) is 2.97. The van der Waals surface area contributed by atoms with Crippen molar-refractivity contribution in [2.45, 2.75) is 24.1 Å². The lowest BCUT2D eigenvalue weighted by Crippen LogP contribution is -2.35. The average Bonchev–Trinajstić information content (AvgIpc) is 3.06. The number of fused-ring (bicyclic) bond motifs is 1. The van der Waals surface area contributed by atoms with Crippen LogP contribution in [0.4, 0.5) is 0 Å². The Kier molecular flexibility index (Phi) is 6.20. The summed E-state index contributed by atoms with van der Waals surface area (Å²) >= 11 is 3.30. The van der Waals surface area contributed by atoms with E-state index in [-0.39, 0.29) is 11.8 Å². The minimum Gasteiger partial charge on any atom is -0.497 e. The van der Waals surface area contributed by atoms with Crippen molar-refractivity contribution in [2.24, 2.45) is 5.92 Å². The molecular formula is C18H22N2O3S2. The Morgan fingerprint density at radius 2 is 2.40 bits per heavy atom. The fraction of sp³-hybridized carbons (Fsp3) is 0.444. The molecule has 0 saturated heterocycles. The van der Waals surface area contributed by atoms with E-state index in [1.165, 1.54) is 0 Å². The molecule has 0 fully saturated rings. The number of carbonyl (C=O) groups excluding carboxylic acids is 1. The van der Waals surface area contributed by atoms with Gasteiger partial charge in [0.15, 0.2) is 0 Å². The second kappa shape index (κ2) is 8.58. The molecule has 0 spiro atoms. The summed E-state index contributed by atoms with van der Waals surface area (Å²) in [5, 5.41) is 4.97. The average molecular weight is 379 g/mol. The van der Waals surface area contributed by atoms with Crippen LogP contribution in [0.1, 0.15) is 18.2 Å². The van der Waals surface area contributed by atoms with E-state index >= 15 is 0 Å². The Labute approximate surface area is 156 Å². The zero-order valence-corrected chi connectivity index (χ0v) is 16.0. The van der Waals surface area contributed by atoms with Gasteiger partial charge >= 0.3 is 0 Å². The third-order valence-electron chi connectivity index (χ3n) is 3.99. The number of rotatable bonds is 7. The van der Waals surface area contributed by atoms with Crippen LogP contribution in [-0.2, 0) is 17.6 Å². The van der Waals surface area contributed by atoms with Crippen molar-refractivity contribution < 1.29 is 14.3 Å². The number of thioether (sulfide) groups is 1. The molecule has 134 valence electrons. The molecular weight excluding hydrogens is 356 g/mol. The SMILES string of the molecule is CCSc1nc(CC(=O)NC[C@H]2COc3cc(OC)ccc3C2)cs1. The van der Waals surface area contributed by atoms with Crippen molar-refractivity contribution in [3.63, 3.8) is 0 Å². The Bertz CT molecular complexity index is 733. The first-order chi connectivity index (χ1) is 12.2. The molecule has 0 radical (unpaired) electrons. The highest BCUT2D eigenvalue weighted by molar-refractivity contribution is 8.00. The maximum absolute atomic E-state index is 12.1. The van der Waals surface area contributed by atoms with Gasteiger partial charge in [-0.15, -0.1) is 11.3 Å². The van der Waals surface area contributed by atoms with Crippen LogP contribution in [0, 0.1) is 5.92 Å². The molecule has 2 heterocycles. The Balaban J connectivity index is 1.47. The number of thiazole rings is 1. The van der Waals surface area contributed by atoms with Gasteiger partial charge < -0.3 is 14.8 Å². The number of carbonyl (C=O) groups is 1. The van der Waals surface area contributed by atoms with Crippen molar-refractivity contribution >= 4 is 29.0 Å². The molecule has 2 aromatic rings. The summed E-state index contributed by atoms with van der Waals surface area (Å²) in [4.78, 5) is 16.6. The van der Waals surface area contributed by atoms with E-state index in [9.17, 15) is 4.79 Å². The second-order valence-electron chi connectivity index (χ2n) is 5.87. The number of ether oxygens (including phenoxy) is 2. The third-order valence-corrected chi connectivity index (χ3v) is 5.94. The van der Waals surface area contributed by atoms with E-state index in [1.54, 1.807) is 30.2 Å². The predicted octanol–water partition coefficient (Wildman–Crippen LogP) is 3.17. The van der Waals surface area contributed by atoms with Crippen molar-refractivity contribution in [3.05, 3.63) is 34.8 Å². The van der Waals surface area contributed by atoms with E-state index in [4.69, 9.17) is 9.47 Å². The quantitative estimate of drug-likeness (QED) is 0.750. The van der Waals surface area contributed by atoms with Gasteiger partial charge in [0.25, 0.3) is 0 Å². The number of hydrogen-bond acceptors (Lipinski definition) is 6. The van der Waals surface area contributed by atoms with E-state index in [2.05, 4.69) is 17.2 Å². The molecule has 1 atom stereocenters. The molecule has 7 heteroatoms. The summed E-state index contributed by atoms with van der Waals surface area (Å²) in [7, 11) is 1.65. The highest BCUT2D eigenvalue weighted by Crippen LogP contribution is 2.30. The molecule has 0 saturated carbocycles. The highest BCUT2D eigenvalue weighted by atomic mass is 32.2. The van der Waals surface area contributed by atoms with Crippen LogP contribution >= 0.6 is 23.1 Å². The molecule has 1 aromatic carbocycles. The normalized spacial score (nSPS) is 16.0. The van der Waals surface area contributed by atoms with Gasteiger partial charge in [0.05, 0.1) is 25.8 Å². The molecule has 0 unspecified atom stereocenters. The first-order valence-corrected chi connectivity index (χ1v) is 10.2. The summed E-state index contributed by atoms with van der Waals surface area (Å²) in [6.07, 6.45) is 1.23. The maximum Gasteiger partial charge on any atom is 0.226 e. The summed E-state index contributed by atoms with van der Waals surface area (Å²) < 4.78 is 12.1. The maximum atomic E-state index is 12.1. The molecule has 5 nitrogen and oxygen atoms in total. The van der Waals surface area contributed by atoms with E-state index in [0.29, 0.717) is 19.6 Å². The van der Waals surface area contributed by atoms with Crippen LogP contribution < -0.4 is 14.8 Å². The summed E-state index contributed by atoms with van der Waals surface area (Å²) in [6, 6.07) is 5.89. The minimum absolute atomic E-state index is 0.0128. The van der Waals surface area contributed by atoms with Crippen LogP contribution in [0.15, 0.2) is 27.9 Å². The summed E-state index contributed by atoms with van der Waals surface area (Å²) in [6.45, 7) is 3.32. The van der Waals surface area contributed by atoms with Crippen LogP contribution in [0.5, 0.6) is 11.5 Å². The second-order valence-corrected chi connectivity index (χ2v) is 8.24. The fourth-order valence-corrected chi connectivity index (χ4v) is 4.46. The molecule has 25 heavy (non-hydrogen) atoms. The van der Waals surface area contributed by atoms with Crippen molar-refractivity contribution in [1.82, 2.24) is 10.3 Å². The number of nitrogens with zero attached hydrogens (tertiary/aromatic N) is 1. The predicted molar refractivity (Wildman–Crippen MR) is 101 cm³/mol. The number of amides is 1. The van der Waals surface area contributed by atoms with Gasteiger partial charge in [-0.1, -0.05) is 24.8 Å². The van der Waals surface area contributed by atoms with Crippen LogP contribution in [0.3, 0.4) is 0 Å². The molecule has 1 aliphatic heterocycles. The van der Waals surface area contributed by atoms with Crippen LogP contribution in [0.25, 0.3) is 0 Å². The lowest BCUT2D eigenvalue weighted by molar-refractivity contribution is -0.120. The molecule has 1 aliphatic rings. The Morgan fingerprint density at radius 3 is 3.20 bits per heavy atom. The first kappa shape index (κ1) is 18.1. The van der Waals surface area contributed by atoms with Gasteiger partial charge in [0.2, 0.25) is 5.91 Å². The smallest absolute Gasteiger partial charge is 0.226 e. The van der Waals surface area contributed by atoms with Crippen LogP contribution in [0.2, 0.25) is 0 Å². The minimum atomic E-state index is 0.0128. The van der Waals surface area contributed by atoms with Crippen molar-refractivity contribution in [2.75, 3.05) is 26.0 Å². The van der Waals surface area contributed by atoms with Gasteiger partial charge in [-0.3, -0.25) is 4.79 Å². The summed E-state index contributed by atoms with van der Waals surface area (Å²) in [5.41, 5.74) is 2.00.